The van der Waals surface area contributed by atoms with E-state index in [4.69, 9.17) is 5.73 Å². The lowest BCUT2D eigenvalue weighted by Gasteiger charge is -2.20. The molecule has 1 atom stereocenters. The van der Waals surface area contributed by atoms with Gasteiger partial charge in [-0.3, -0.25) is 4.39 Å². The molecule has 1 rings (SSSR count). The van der Waals surface area contributed by atoms with Gasteiger partial charge in [-0.05, 0) is 17.0 Å². The largest absolute Gasteiger partial charge is 0.326 e. The standard InChI is InChI=1S/C12H18FN/c1-9(2)12(7-13)11-6-4-3-5-10(11)8-14/h3-6,9,12H,7-8,14H2,1-2H3. The van der Waals surface area contributed by atoms with Gasteiger partial charge in [-0.25, -0.2) is 0 Å². The predicted octanol–water partition coefficient (Wildman–Crippen LogP) is 2.85. The van der Waals surface area contributed by atoms with Crippen LogP contribution in [0.3, 0.4) is 0 Å². The molecule has 1 aromatic carbocycles. The summed E-state index contributed by atoms with van der Waals surface area (Å²) in [5.41, 5.74) is 7.74. The SMILES string of the molecule is CC(C)C(CF)c1ccccc1CN. The van der Waals surface area contributed by atoms with Gasteiger partial charge in [-0.1, -0.05) is 38.1 Å². The van der Waals surface area contributed by atoms with Gasteiger partial charge in [0.15, 0.2) is 0 Å². The number of rotatable bonds is 4. The highest BCUT2D eigenvalue weighted by Gasteiger charge is 2.17. The minimum absolute atomic E-state index is 0.0188. The van der Waals surface area contributed by atoms with Crippen LogP contribution < -0.4 is 5.73 Å². The van der Waals surface area contributed by atoms with Crippen molar-refractivity contribution in [3.05, 3.63) is 35.4 Å². The van der Waals surface area contributed by atoms with Crippen molar-refractivity contribution in [2.75, 3.05) is 6.67 Å². The van der Waals surface area contributed by atoms with Gasteiger partial charge < -0.3 is 5.73 Å². The Morgan fingerprint density at radius 3 is 2.43 bits per heavy atom. The van der Waals surface area contributed by atoms with Gasteiger partial charge in [-0.15, -0.1) is 0 Å². The van der Waals surface area contributed by atoms with Gasteiger partial charge >= 0.3 is 0 Å². The van der Waals surface area contributed by atoms with Crippen molar-refractivity contribution < 1.29 is 4.39 Å². The van der Waals surface area contributed by atoms with Crippen molar-refractivity contribution in [2.45, 2.75) is 26.3 Å². The molecule has 0 amide bonds. The second-order valence-corrected chi connectivity index (χ2v) is 3.91. The molecule has 78 valence electrons. The fourth-order valence-electron chi connectivity index (χ4n) is 1.70. The molecule has 0 saturated carbocycles. The van der Waals surface area contributed by atoms with Crippen LogP contribution in [0.2, 0.25) is 0 Å². The summed E-state index contributed by atoms with van der Waals surface area (Å²) in [4.78, 5) is 0. The molecule has 14 heavy (non-hydrogen) atoms. The lowest BCUT2D eigenvalue weighted by atomic mass is 9.86. The molecular formula is C12H18FN. The van der Waals surface area contributed by atoms with Gasteiger partial charge in [0.2, 0.25) is 0 Å². The number of hydrogen-bond donors (Lipinski definition) is 1. The van der Waals surface area contributed by atoms with E-state index in [1.54, 1.807) is 0 Å². The minimum Gasteiger partial charge on any atom is -0.326 e. The third-order valence-corrected chi connectivity index (χ3v) is 2.65. The zero-order valence-electron chi connectivity index (χ0n) is 8.83. The van der Waals surface area contributed by atoms with Crippen LogP contribution in [0.4, 0.5) is 4.39 Å². The van der Waals surface area contributed by atoms with E-state index in [-0.39, 0.29) is 12.6 Å². The number of benzene rings is 1. The van der Waals surface area contributed by atoms with Crippen molar-refractivity contribution in [1.29, 1.82) is 0 Å². The first-order valence-electron chi connectivity index (χ1n) is 5.04. The average molecular weight is 195 g/mol. The third-order valence-electron chi connectivity index (χ3n) is 2.65. The van der Waals surface area contributed by atoms with Crippen molar-refractivity contribution in [2.24, 2.45) is 11.7 Å². The molecule has 0 saturated heterocycles. The maximum absolute atomic E-state index is 12.9. The van der Waals surface area contributed by atoms with Crippen molar-refractivity contribution in [1.82, 2.24) is 0 Å². The highest BCUT2D eigenvalue weighted by atomic mass is 19.1. The minimum atomic E-state index is -0.311. The first-order valence-corrected chi connectivity index (χ1v) is 5.04. The van der Waals surface area contributed by atoms with E-state index >= 15 is 0 Å². The molecule has 2 heteroatoms. The quantitative estimate of drug-likeness (QED) is 0.785. The fraction of sp³-hybridized carbons (Fsp3) is 0.500. The molecule has 0 aromatic heterocycles. The van der Waals surface area contributed by atoms with Gasteiger partial charge in [0.05, 0.1) is 6.67 Å². The topological polar surface area (TPSA) is 26.0 Å². The summed E-state index contributed by atoms with van der Waals surface area (Å²) in [6.45, 7) is 4.25. The smallest absolute Gasteiger partial charge is 0.0965 e. The van der Waals surface area contributed by atoms with Crippen LogP contribution in [0.15, 0.2) is 24.3 Å². The Hall–Kier alpha value is -0.890. The van der Waals surface area contributed by atoms with Crippen LogP contribution in [0.5, 0.6) is 0 Å². The number of halogens is 1. The molecule has 0 heterocycles. The summed E-state index contributed by atoms with van der Waals surface area (Å²) < 4.78 is 12.9. The molecule has 0 aliphatic carbocycles. The molecular weight excluding hydrogens is 177 g/mol. The molecule has 0 bridgehead atoms. The maximum Gasteiger partial charge on any atom is 0.0965 e. The lowest BCUT2D eigenvalue weighted by molar-refractivity contribution is 0.364. The first-order chi connectivity index (χ1) is 6.70. The zero-order chi connectivity index (χ0) is 10.6. The Kier molecular flexibility index (Phi) is 4.08. The van der Waals surface area contributed by atoms with E-state index in [0.717, 1.165) is 11.1 Å². The third kappa shape index (κ3) is 2.32. The first kappa shape index (κ1) is 11.2. The Bertz CT molecular complexity index is 283. The van der Waals surface area contributed by atoms with E-state index in [2.05, 4.69) is 0 Å². The summed E-state index contributed by atoms with van der Waals surface area (Å²) >= 11 is 0. The average Bonchev–Trinajstić information content (AvgIpc) is 2.19. The highest BCUT2D eigenvalue weighted by Crippen LogP contribution is 2.27. The Morgan fingerprint density at radius 1 is 1.29 bits per heavy atom. The Morgan fingerprint density at radius 2 is 1.93 bits per heavy atom. The lowest BCUT2D eigenvalue weighted by Crippen LogP contribution is -2.13. The van der Waals surface area contributed by atoms with Gasteiger partial charge in [-0.2, -0.15) is 0 Å². The van der Waals surface area contributed by atoms with Crippen LogP contribution in [0.25, 0.3) is 0 Å². The monoisotopic (exact) mass is 195 g/mol. The molecule has 1 aromatic rings. The van der Waals surface area contributed by atoms with Crippen molar-refractivity contribution >= 4 is 0 Å². The van der Waals surface area contributed by atoms with E-state index in [0.29, 0.717) is 12.5 Å². The molecule has 0 fully saturated rings. The maximum atomic E-state index is 12.9. The van der Waals surface area contributed by atoms with Crippen LogP contribution >= 0.6 is 0 Å². The molecule has 0 spiro atoms. The number of alkyl halides is 1. The fourth-order valence-corrected chi connectivity index (χ4v) is 1.70. The summed E-state index contributed by atoms with van der Waals surface area (Å²) in [6.07, 6.45) is 0. The van der Waals surface area contributed by atoms with E-state index in [9.17, 15) is 4.39 Å². The second-order valence-electron chi connectivity index (χ2n) is 3.91. The summed E-state index contributed by atoms with van der Waals surface area (Å²) in [5.74, 6) is 0.294. The van der Waals surface area contributed by atoms with E-state index < -0.39 is 0 Å². The van der Waals surface area contributed by atoms with E-state index in [1.807, 2.05) is 38.1 Å². The normalized spacial score (nSPS) is 13.2. The van der Waals surface area contributed by atoms with Crippen molar-refractivity contribution in [3.8, 4) is 0 Å². The molecule has 1 nitrogen and oxygen atoms in total. The number of hydrogen-bond acceptors (Lipinski definition) is 1. The Labute approximate surface area is 85.1 Å². The second kappa shape index (κ2) is 5.11. The molecule has 2 N–H and O–H groups in total. The van der Waals surface area contributed by atoms with Crippen molar-refractivity contribution in [3.63, 3.8) is 0 Å². The highest BCUT2D eigenvalue weighted by molar-refractivity contribution is 5.30. The van der Waals surface area contributed by atoms with Crippen LogP contribution in [-0.2, 0) is 6.54 Å². The van der Waals surface area contributed by atoms with Crippen LogP contribution in [0, 0.1) is 5.92 Å². The van der Waals surface area contributed by atoms with Gasteiger partial charge in [0.25, 0.3) is 0 Å². The molecule has 0 radical (unpaired) electrons. The van der Waals surface area contributed by atoms with Gasteiger partial charge in [0.1, 0.15) is 0 Å². The van der Waals surface area contributed by atoms with E-state index in [1.165, 1.54) is 0 Å². The predicted molar refractivity (Wildman–Crippen MR) is 57.9 cm³/mol. The van der Waals surface area contributed by atoms with Crippen LogP contribution in [0.1, 0.15) is 30.9 Å². The molecule has 1 unspecified atom stereocenters. The molecule has 0 aliphatic heterocycles. The Balaban J connectivity index is 3.02. The summed E-state index contributed by atoms with van der Waals surface area (Å²) in [6, 6.07) is 7.84. The number of nitrogens with two attached hydrogens (primary N) is 1. The molecule has 0 aliphatic rings. The van der Waals surface area contributed by atoms with Crippen LogP contribution in [-0.4, -0.2) is 6.67 Å². The van der Waals surface area contributed by atoms with Gasteiger partial charge in [0, 0.05) is 12.5 Å². The zero-order valence-corrected chi connectivity index (χ0v) is 8.83. The summed E-state index contributed by atoms with van der Waals surface area (Å²) in [7, 11) is 0. The summed E-state index contributed by atoms with van der Waals surface area (Å²) in [5, 5.41) is 0.